The van der Waals surface area contributed by atoms with Gasteiger partial charge in [-0.2, -0.15) is 13.2 Å². The third kappa shape index (κ3) is 6.77. The van der Waals surface area contributed by atoms with Gasteiger partial charge in [0.1, 0.15) is 11.6 Å². The Balaban J connectivity index is 1.72. The van der Waals surface area contributed by atoms with E-state index in [1.807, 2.05) is 31.2 Å². The molecule has 1 saturated heterocycles. The molecule has 0 aromatic heterocycles. The van der Waals surface area contributed by atoms with Crippen LogP contribution in [0.1, 0.15) is 61.4 Å². The number of primary amides is 1. The van der Waals surface area contributed by atoms with E-state index in [1.165, 1.54) is 6.07 Å². The lowest BCUT2D eigenvalue weighted by Gasteiger charge is -2.49. The van der Waals surface area contributed by atoms with Crippen LogP contribution >= 0.6 is 23.2 Å². The number of amidine groups is 1. The van der Waals surface area contributed by atoms with Crippen molar-refractivity contribution in [2.75, 3.05) is 19.7 Å². The average Bonchev–Trinajstić information content (AvgIpc) is 3.01. The van der Waals surface area contributed by atoms with Crippen LogP contribution in [-0.4, -0.2) is 47.3 Å². The number of nitrogens with two attached hydrogens (primary N) is 1. The summed E-state index contributed by atoms with van der Waals surface area (Å²) in [5.74, 6) is -0.644. The van der Waals surface area contributed by atoms with Gasteiger partial charge in [-0.05, 0) is 80.3 Å². The number of hydrogen-bond acceptors (Lipinski definition) is 4. The first-order valence-corrected chi connectivity index (χ1v) is 15.4. The average molecular weight is 662 g/mol. The number of alkyl halides is 3. The molecule has 2 atom stereocenters. The maximum absolute atomic E-state index is 14.6. The zero-order valence-corrected chi connectivity index (χ0v) is 26.3. The van der Waals surface area contributed by atoms with Gasteiger partial charge in [-0.1, -0.05) is 47.5 Å². The Hall–Kier alpha value is -3.76. The second-order valence-electron chi connectivity index (χ2n) is 11.4. The summed E-state index contributed by atoms with van der Waals surface area (Å²) in [6.45, 7) is 4.22. The second kappa shape index (κ2) is 12.9. The standard InChI is InChI=1S/C33H33Cl2F3N4O3/c1-3-45-28-18-23(33(36,37)38)8-13-26(28)30-40-27(20-4-9-24(34)10-5-20)19-32(2,22-6-11-25(35)12-7-22)42(30)31(44)41-16-14-21(15-17-41)29(39)43/h4-13,18,21,27H,3,14-17,19H2,1-2H3,(H2,39,43)/t27-,32-/m0/s1. The molecule has 0 radical (unpaired) electrons. The van der Waals surface area contributed by atoms with Crippen molar-refractivity contribution in [1.82, 2.24) is 9.80 Å². The lowest BCUT2D eigenvalue weighted by Crippen LogP contribution is -2.59. The molecular formula is C33H33Cl2F3N4O3. The Labute approximate surface area is 269 Å². The van der Waals surface area contributed by atoms with Crippen LogP contribution in [0.5, 0.6) is 5.75 Å². The molecule has 2 aliphatic rings. The lowest BCUT2D eigenvalue weighted by molar-refractivity contribution is -0.137. The fraction of sp³-hybridized carbons (Fsp3) is 0.364. The minimum absolute atomic E-state index is 0.0495. The van der Waals surface area contributed by atoms with Crippen LogP contribution < -0.4 is 10.5 Å². The highest BCUT2D eigenvalue weighted by Gasteiger charge is 2.48. The van der Waals surface area contributed by atoms with E-state index < -0.39 is 35.3 Å². The third-order valence-corrected chi connectivity index (χ3v) is 9.01. The number of halogens is 5. The molecule has 0 bridgehead atoms. The molecule has 7 nitrogen and oxygen atoms in total. The van der Waals surface area contributed by atoms with E-state index >= 15 is 0 Å². The zero-order valence-electron chi connectivity index (χ0n) is 24.8. The molecule has 238 valence electrons. The number of piperidine rings is 1. The van der Waals surface area contributed by atoms with Crippen LogP contribution in [0.4, 0.5) is 18.0 Å². The molecule has 0 aliphatic carbocycles. The van der Waals surface area contributed by atoms with Gasteiger partial charge in [0.2, 0.25) is 5.91 Å². The summed E-state index contributed by atoms with van der Waals surface area (Å²) >= 11 is 12.4. The van der Waals surface area contributed by atoms with Crippen LogP contribution in [0, 0.1) is 5.92 Å². The van der Waals surface area contributed by atoms with Crippen molar-refractivity contribution in [3.05, 3.63) is 99.0 Å². The molecule has 2 heterocycles. The smallest absolute Gasteiger partial charge is 0.416 e. The Morgan fingerprint density at radius 2 is 1.60 bits per heavy atom. The maximum atomic E-state index is 14.6. The van der Waals surface area contributed by atoms with Crippen molar-refractivity contribution in [1.29, 1.82) is 0 Å². The van der Waals surface area contributed by atoms with Crippen molar-refractivity contribution >= 4 is 41.0 Å². The highest BCUT2D eigenvalue weighted by atomic mass is 35.5. The molecule has 1 fully saturated rings. The molecule has 2 aliphatic heterocycles. The Kier molecular flexibility index (Phi) is 9.37. The number of ether oxygens (including phenoxy) is 1. The molecule has 45 heavy (non-hydrogen) atoms. The van der Waals surface area contributed by atoms with Gasteiger partial charge in [-0.15, -0.1) is 0 Å². The molecule has 3 aromatic carbocycles. The number of carbonyl (C=O) groups is 2. The van der Waals surface area contributed by atoms with Crippen molar-refractivity contribution < 1.29 is 27.5 Å². The van der Waals surface area contributed by atoms with E-state index in [0.29, 0.717) is 29.3 Å². The lowest BCUT2D eigenvalue weighted by atomic mass is 9.80. The predicted octanol–water partition coefficient (Wildman–Crippen LogP) is 7.84. The minimum atomic E-state index is -4.61. The molecular weight excluding hydrogens is 628 g/mol. The van der Waals surface area contributed by atoms with Gasteiger partial charge in [0.25, 0.3) is 0 Å². The van der Waals surface area contributed by atoms with Crippen LogP contribution in [0.15, 0.2) is 71.7 Å². The van der Waals surface area contributed by atoms with E-state index in [-0.39, 0.29) is 42.8 Å². The fourth-order valence-electron chi connectivity index (χ4n) is 6.03. The Morgan fingerprint density at radius 3 is 2.16 bits per heavy atom. The molecule has 3 amide bonds. The van der Waals surface area contributed by atoms with E-state index in [9.17, 15) is 22.8 Å². The van der Waals surface area contributed by atoms with Gasteiger partial charge in [0.15, 0.2) is 0 Å². The summed E-state index contributed by atoms with van der Waals surface area (Å²) in [6.07, 6.45) is -3.47. The topological polar surface area (TPSA) is 88.2 Å². The van der Waals surface area contributed by atoms with E-state index in [0.717, 1.165) is 23.3 Å². The number of aliphatic imine (C=N–C) groups is 1. The number of nitrogens with zero attached hydrogens (tertiary/aromatic N) is 3. The summed E-state index contributed by atoms with van der Waals surface area (Å²) in [6, 6.07) is 16.6. The molecule has 0 unspecified atom stereocenters. The first-order chi connectivity index (χ1) is 21.3. The van der Waals surface area contributed by atoms with Crippen molar-refractivity contribution in [3.63, 3.8) is 0 Å². The van der Waals surface area contributed by atoms with E-state index in [2.05, 4.69) is 0 Å². The SMILES string of the molecule is CCOc1cc(C(F)(F)F)ccc1C1=N[C@H](c2ccc(Cl)cc2)C[C@@](C)(c2ccc(Cl)cc2)N1C(=O)N1CCC(C(N)=O)CC1. The van der Waals surface area contributed by atoms with Crippen LogP contribution in [-0.2, 0) is 16.5 Å². The van der Waals surface area contributed by atoms with Gasteiger partial charge in [0.05, 0.1) is 29.3 Å². The largest absolute Gasteiger partial charge is 0.493 e. The van der Waals surface area contributed by atoms with Gasteiger partial charge >= 0.3 is 12.2 Å². The summed E-state index contributed by atoms with van der Waals surface area (Å²) in [5, 5.41) is 1.05. The van der Waals surface area contributed by atoms with Crippen molar-refractivity contribution in [2.24, 2.45) is 16.6 Å². The zero-order chi connectivity index (χ0) is 32.5. The number of rotatable bonds is 6. The molecule has 12 heteroatoms. The van der Waals surface area contributed by atoms with Crippen molar-refractivity contribution in [2.45, 2.75) is 50.9 Å². The van der Waals surface area contributed by atoms with Gasteiger partial charge in [-0.3, -0.25) is 14.7 Å². The first kappa shape index (κ1) is 32.6. The number of amides is 3. The number of benzene rings is 3. The number of likely N-dealkylation sites (tertiary alicyclic amines) is 1. The Bertz CT molecular complexity index is 1590. The maximum Gasteiger partial charge on any atom is 0.416 e. The fourth-order valence-corrected chi connectivity index (χ4v) is 6.28. The van der Waals surface area contributed by atoms with E-state index in [1.54, 1.807) is 41.0 Å². The van der Waals surface area contributed by atoms with Gasteiger partial charge < -0.3 is 15.4 Å². The Morgan fingerprint density at radius 1 is 1.00 bits per heavy atom. The molecule has 5 rings (SSSR count). The molecule has 2 N–H and O–H groups in total. The van der Waals surface area contributed by atoms with E-state index in [4.69, 9.17) is 38.7 Å². The number of hydrogen-bond donors (Lipinski definition) is 1. The molecule has 0 saturated carbocycles. The highest BCUT2D eigenvalue weighted by Crippen LogP contribution is 2.46. The molecule has 0 spiro atoms. The quantitative estimate of drug-likeness (QED) is 0.292. The predicted molar refractivity (Wildman–Crippen MR) is 167 cm³/mol. The number of urea groups is 1. The third-order valence-electron chi connectivity index (χ3n) is 8.50. The number of carbonyl (C=O) groups excluding carboxylic acids is 2. The van der Waals surface area contributed by atoms with Crippen LogP contribution in [0.25, 0.3) is 0 Å². The highest BCUT2D eigenvalue weighted by molar-refractivity contribution is 6.30. The van der Waals surface area contributed by atoms with Crippen LogP contribution in [0.3, 0.4) is 0 Å². The van der Waals surface area contributed by atoms with Gasteiger partial charge in [0, 0.05) is 35.5 Å². The summed E-state index contributed by atoms with van der Waals surface area (Å²) in [4.78, 5) is 34.7. The van der Waals surface area contributed by atoms with Crippen molar-refractivity contribution in [3.8, 4) is 5.75 Å². The monoisotopic (exact) mass is 660 g/mol. The molecule has 3 aromatic rings. The second-order valence-corrected chi connectivity index (χ2v) is 12.3. The summed E-state index contributed by atoms with van der Waals surface area (Å²) in [5.41, 5.74) is 5.42. The summed E-state index contributed by atoms with van der Waals surface area (Å²) in [7, 11) is 0. The summed E-state index contributed by atoms with van der Waals surface area (Å²) < 4.78 is 47.2. The first-order valence-electron chi connectivity index (χ1n) is 14.6. The normalized spacial score (nSPS) is 21.0. The minimum Gasteiger partial charge on any atom is -0.493 e. The van der Waals surface area contributed by atoms with Gasteiger partial charge in [-0.25, -0.2) is 4.79 Å². The van der Waals surface area contributed by atoms with Crippen LogP contribution in [0.2, 0.25) is 10.0 Å².